The summed E-state index contributed by atoms with van der Waals surface area (Å²) < 4.78 is 5.12. The Bertz CT molecular complexity index is 4860. The summed E-state index contributed by atoms with van der Waals surface area (Å²) >= 11 is 0. The highest BCUT2D eigenvalue weighted by Crippen LogP contribution is 2.30. The van der Waals surface area contributed by atoms with Crippen LogP contribution in [-0.4, -0.2) is 122 Å². The first-order chi connectivity index (χ1) is 50.4. The van der Waals surface area contributed by atoms with Crippen LogP contribution in [0.15, 0.2) is 278 Å². The number of aromatic amines is 2. The van der Waals surface area contributed by atoms with Crippen LogP contribution in [0.25, 0.3) is 79.7 Å². The lowest BCUT2D eigenvalue weighted by molar-refractivity contribution is 0.0814. The van der Waals surface area contributed by atoms with Gasteiger partial charge in [0.1, 0.15) is 17.1 Å². The van der Waals surface area contributed by atoms with Gasteiger partial charge < -0.3 is 41.1 Å². The number of pyridine rings is 14. The van der Waals surface area contributed by atoms with Gasteiger partial charge in [-0.15, -0.1) is 0 Å². The molecule has 0 saturated carbocycles. The predicted octanol–water partition coefficient (Wildman–Crippen LogP) is 12.4. The molecule has 1 aliphatic carbocycles. The smallest absolute Gasteiger partial charge is 0.235 e. The van der Waals surface area contributed by atoms with Crippen LogP contribution < -0.4 is 36.9 Å². The number of hydrogen-bond acceptors (Lipinski definition) is 22. The van der Waals surface area contributed by atoms with Crippen molar-refractivity contribution in [1.29, 1.82) is 0 Å². The molecule has 14 aromatic heterocycles. The second-order valence-corrected chi connectivity index (χ2v) is 23.0. The van der Waals surface area contributed by atoms with E-state index in [9.17, 15) is 19.2 Å². The number of nitrogens with one attached hydrogen (secondary N) is 2. The number of rotatable bonds is 10. The molecule has 0 spiro atoms. The number of fused-ring (bicyclic) bond motifs is 3. The summed E-state index contributed by atoms with van der Waals surface area (Å²) in [5.74, 6) is -0.284. The molecule has 520 valence electrons. The molecule has 0 aromatic carbocycles. The number of carbonyl (C=O) groups excluding carboxylic acids is 2. The number of aryl methyl sites for hydroxylation is 2. The van der Waals surface area contributed by atoms with E-state index in [-0.39, 0.29) is 17.5 Å². The number of ether oxygens (including phenoxy) is 1. The highest BCUT2D eigenvalue weighted by atomic mass is 16.5. The second kappa shape index (κ2) is 37.3. The minimum atomic E-state index is -0.511. The molecule has 15 rings (SSSR count). The molecule has 0 unspecified atom stereocenters. The Morgan fingerprint density at radius 2 is 0.731 bits per heavy atom. The lowest BCUT2D eigenvalue weighted by Crippen LogP contribution is -2.22. The third-order valence-corrected chi connectivity index (χ3v) is 14.9. The third-order valence-electron chi connectivity index (χ3n) is 14.9. The van der Waals surface area contributed by atoms with Crippen molar-refractivity contribution < 1.29 is 19.4 Å². The van der Waals surface area contributed by atoms with Gasteiger partial charge in [0.2, 0.25) is 11.6 Å². The highest BCUT2D eigenvalue weighted by Gasteiger charge is 2.31. The average Bonchev–Trinajstić information content (AvgIpc) is 0.765. The maximum atomic E-state index is 11.8. The fraction of sp³-hybridized carbons (Fsp3) is 0.100. The number of nitrogens with zero attached hydrogens (tertiary/aromatic N) is 14. The van der Waals surface area contributed by atoms with Crippen molar-refractivity contribution >= 4 is 34.3 Å². The van der Waals surface area contributed by atoms with Crippen LogP contribution in [-0.2, 0) is 6.61 Å². The van der Waals surface area contributed by atoms with E-state index in [1.807, 2.05) is 150 Å². The number of Topliss-reactive ketones (excluding diaryl/α,β-unsaturated/α-hetero) is 2. The molecule has 0 aliphatic heterocycles. The Balaban J connectivity index is 0.000000141. The summed E-state index contributed by atoms with van der Waals surface area (Å²) in [6.45, 7) is 4.11. The van der Waals surface area contributed by atoms with Gasteiger partial charge in [-0.3, -0.25) is 79.0 Å². The van der Waals surface area contributed by atoms with Crippen molar-refractivity contribution in [3.05, 3.63) is 317 Å². The molecule has 7 N–H and O–H groups in total. The molecule has 1 aliphatic rings. The Morgan fingerprint density at radius 1 is 0.365 bits per heavy atom. The number of nitrogens with two attached hydrogens (primary N) is 2. The number of carbonyl (C=O) groups is 2. The fourth-order valence-electron chi connectivity index (χ4n) is 9.62. The lowest BCUT2D eigenvalue weighted by atomic mass is 9.91. The molecule has 24 heteroatoms. The number of methoxy groups -OCH3 is 1. The Morgan fingerprint density at radius 3 is 1.12 bits per heavy atom. The Kier molecular flexibility index (Phi) is 26.6. The van der Waals surface area contributed by atoms with Crippen molar-refractivity contribution in [2.75, 3.05) is 56.6 Å². The summed E-state index contributed by atoms with van der Waals surface area (Å²) in [6, 6.07) is 54.0. The largest absolute Gasteiger partial charge is 0.497 e. The molecule has 0 saturated heterocycles. The zero-order valence-corrected chi connectivity index (χ0v) is 58.0. The number of anilines is 4. The normalized spacial score (nSPS) is 10.5. The first-order valence-electron chi connectivity index (χ1n) is 32.3. The third kappa shape index (κ3) is 21.5. The van der Waals surface area contributed by atoms with Crippen LogP contribution >= 0.6 is 0 Å². The molecule has 14 aromatic rings. The van der Waals surface area contributed by atoms with Crippen LogP contribution in [0.4, 0.5) is 22.7 Å². The van der Waals surface area contributed by atoms with Gasteiger partial charge in [0.25, 0.3) is 0 Å². The molecule has 24 nitrogen and oxygen atoms in total. The second-order valence-electron chi connectivity index (χ2n) is 23.0. The van der Waals surface area contributed by atoms with Crippen LogP contribution in [0.3, 0.4) is 0 Å². The van der Waals surface area contributed by atoms with E-state index in [1.54, 1.807) is 130 Å². The SMILES string of the molecule is CN(C)c1ccnc(-c2cc(N(C)C)ccn2)c1.COc1ccnc(-c2cc(CO)ccn2)c1.Cc1ccnc(-c2cc(C)ccn2)c1.Nc1ccnc(-c2cc(N)ccn2)c1.O=C1C(=O)c2cccnc2-c2ncccc21.O=c1cc[nH]c(-c2cc(=O)cc[nH]2)c1.c1ccc(-c2ccccn2)nc1. The molecule has 0 amide bonds. The first kappa shape index (κ1) is 74.2. The molecular formula is C80H74N18O6. The standard InChI is InChI=1S/C14H18N4.C12H6N2O2.C12H12N2O2.C12H12N2.C10H10N4.C10H8N2O2.C10H8N2/c1-17(2)11-5-7-15-13(9-11)14-10-12(18(3)4)6-8-16-14;15-11-7-3-1-5-13-9(7)10-8(12(11)16)4-2-6-14-10;1-16-10-3-5-14-12(7-10)11-6-9(8-15)2-4-13-11;1-9-3-5-13-11(7-9)12-8-10(2)4-6-14-12;11-7-1-3-13-9(5-7)10-6-8(12)2-4-14-10;13-7-1-3-11-9(5-7)10-6-8(14)2-4-12-10;1-3-7-11-9(5-1)10-6-2-4-8-12-10/h5-10H,1-4H3;1-6H;2-7,15H,8H2,1H3;3-8H,1-2H3;1-6H,(H2,11,13)(H2,12,14);1-6H,(H,11,13)(H,12,14);1-8H. The van der Waals surface area contributed by atoms with E-state index in [2.05, 4.69) is 93.4 Å². The van der Waals surface area contributed by atoms with E-state index >= 15 is 0 Å². The number of nitrogen functional groups attached to an aromatic ring is 2. The zero-order valence-electron chi connectivity index (χ0n) is 58.0. The summed E-state index contributed by atoms with van der Waals surface area (Å²) in [4.78, 5) is 106. The number of aliphatic hydroxyl groups is 1. The average molecular weight is 1380 g/mol. The molecule has 0 bridgehead atoms. The summed E-state index contributed by atoms with van der Waals surface area (Å²) in [6.07, 6.45) is 23.7. The lowest BCUT2D eigenvalue weighted by Gasteiger charge is -2.14. The predicted molar refractivity (Wildman–Crippen MR) is 406 cm³/mol. The summed E-state index contributed by atoms with van der Waals surface area (Å²) in [7, 11) is 9.67. The Hall–Kier alpha value is -14.0. The van der Waals surface area contributed by atoms with Crippen molar-refractivity contribution in [3.8, 4) is 85.5 Å². The van der Waals surface area contributed by atoms with Gasteiger partial charge in [0.05, 0.1) is 93.2 Å². The van der Waals surface area contributed by atoms with Crippen molar-refractivity contribution in [2.45, 2.75) is 20.5 Å². The van der Waals surface area contributed by atoms with Gasteiger partial charge in [-0.25, -0.2) is 0 Å². The maximum absolute atomic E-state index is 11.8. The Labute approximate surface area is 600 Å². The van der Waals surface area contributed by atoms with Gasteiger partial charge >= 0.3 is 0 Å². The summed E-state index contributed by atoms with van der Waals surface area (Å²) in [5.41, 5.74) is 29.2. The first-order valence-corrected chi connectivity index (χ1v) is 32.3. The molecule has 14 heterocycles. The molecular weight excluding hydrogens is 1310 g/mol. The van der Waals surface area contributed by atoms with E-state index in [0.717, 1.165) is 79.6 Å². The number of hydrogen-bond donors (Lipinski definition) is 5. The topological polar surface area (TPSA) is 343 Å². The van der Waals surface area contributed by atoms with E-state index in [1.165, 1.54) is 35.4 Å². The molecule has 104 heavy (non-hydrogen) atoms. The molecule has 0 radical (unpaired) electrons. The number of ketones is 2. The maximum Gasteiger partial charge on any atom is 0.235 e. The summed E-state index contributed by atoms with van der Waals surface area (Å²) in [5, 5.41) is 9.04. The number of aliphatic hydroxyl groups excluding tert-OH is 1. The van der Waals surface area contributed by atoms with Crippen molar-refractivity contribution in [2.24, 2.45) is 0 Å². The zero-order chi connectivity index (χ0) is 73.7. The monoisotopic (exact) mass is 1380 g/mol. The van der Waals surface area contributed by atoms with Crippen molar-refractivity contribution in [3.63, 3.8) is 0 Å². The van der Waals surface area contributed by atoms with E-state index < -0.39 is 11.6 Å². The van der Waals surface area contributed by atoms with Gasteiger partial charge in [0.15, 0.2) is 10.9 Å². The molecule has 0 fully saturated rings. The molecule has 0 atom stereocenters. The fourth-order valence-corrected chi connectivity index (χ4v) is 9.62. The van der Waals surface area contributed by atoms with Crippen LogP contribution in [0.1, 0.15) is 37.4 Å². The van der Waals surface area contributed by atoms with Gasteiger partial charge in [-0.05, 0) is 170 Å². The van der Waals surface area contributed by atoms with E-state index in [0.29, 0.717) is 45.3 Å². The minimum absolute atomic E-state index is 0.000507. The van der Waals surface area contributed by atoms with E-state index in [4.69, 9.17) is 21.3 Å². The van der Waals surface area contributed by atoms with Gasteiger partial charge in [0, 0.05) is 168 Å². The number of aromatic nitrogens is 14. The van der Waals surface area contributed by atoms with Crippen molar-refractivity contribution in [1.82, 2.24) is 69.8 Å². The van der Waals surface area contributed by atoms with Crippen LogP contribution in [0.2, 0.25) is 0 Å². The van der Waals surface area contributed by atoms with Gasteiger partial charge in [-0.2, -0.15) is 0 Å². The van der Waals surface area contributed by atoms with Crippen LogP contribution in [0, 0.1) is 13.8 Å². The quantitative estimate of drug-likeness (QED) is 0.0794. The van der Waals surface area contributed by atoms with Crippen LogP contribution in [0.5, 0.6) is 5.75 Å². The van der Waals surface area contributed by atoms with Gasteiger partial charge in [-0.1, -0.05) is 12.1 Å². The number of H-pyrrole nitrogens is 2. The highest BCUT2D eigenvalue weighted by molar-refractivity contribution is 6.52. The minimum Gasteiger partial charge on any atom is -0.497 e.